The summed E-state index contributed by atoms with van der Waals surface area (Å²) in [6.45, 7) is 13.7. The van der Waals surface area contributed by atoms with Crippen LogP contribution in [-0.4, -0.2) is 146 Å². The number of rotatable bonds is 10. The predicted molar refractivity (Wildman–Crippen MR) is 142 cm³/mol. The fourth-order valence-electron chi connectivity index (χ4n) is 4.47. The fraction of sp³-hybridized carbons (Fsp3) is 0.955. The standard InChI is InChI=1S/C22H52N12O/c23-1-10-34(11-2-24)12-9-32-20(35)13-33-22-17-29-6-3-26-14-21(25,15-27-4-7-30-18-22)16-28-5-8-31-19-22/h26-31,33H,1-19,23-25H2,(H,32,35). The molecule has 0 saturated carbocycles. The molecule has 13 nitrogen and oxygen atoms in total. The highest BCUT2D eigenvalue weighted by molar-refractivity contribution is 5.78. The van der Waals surface area contributed by atoms with Gasteiger partial charge in [-0.1, -0.05) is 0 Å². The molecular formula is C22H52N12O. The summed E-state index contributed by atoms with van der Waals surface area (Å²) >= 11 is 0. The zero-order valence-electron chi connectivity index (χ0n) is 21.5. The van der Waals surface area contributed by atoms with Crippen LogP contribution >= 0.6 is 0 Å². The van der Waals surface area contributed by atoms with Crippen LogP contribution in [0.1, 0.15) is 0 Å². The molecule has 14 N–H and O–H groups in total. The number of amides is 1. The number of nitrogens with zero attached hydrogens (tertiary/aromatic N) is 1. The minimum atomic E-state index is -0.335. The number of carbonyl (C=O) groups excluding carboxylic acids is 1. The molecule has 0 unspecified atom stereocenters. The summed E-state index contributed by atoms with van der Waals surface area (Å²) in [4.78, 5) is 14.8. The van der Waals surface area contributed by atoms with Gasteiger partial charge >= 0.3 is 0 Å². The van der Waals surface area contributed by atoms with Crippen LogP contribution in [0.5, 0.6) is 0 Å². The molecule has 1 amide bonds. The van der Waals surface area contributed by atoms with E-state index in [4.69, 9.17) is 17.2 Å². The first-order valence-corrected chi connectivity index (χ1v) is 13.2. The molecule has 3 rings (SSSR count). The molecule has 3 aliphatic rings. The van der Waals surface area contributed by atoms with Crippen LogP contribution in [-0.2, 0) is 4.79 Å². The van der Waals surface area contributed by atoms with Crippen LogP contribution in [0, 0.1) is 0 Å². The van der Waals surface area contributed by atoms with Crippen molar-refractivity contribution >= 4 is 5.91 Å². The van der Waals surface area contributed by atoms with E-state index in [9.17, 15) is 4.79 Å². The molecule has 0 aromatic rings. The molecule has 0 aliphatic carbocycles. The topological polar surface area (TPSA) is 195 Å². The zero-order valence-corrected chi connectivity index (χ0v) is 21.5. The monoisotopic (exact) mass is 500 g/mol. The average Bonchev–Trinajstić information content (AvgIpc) is 2.84. The van der Waals surface area contributed by atoms with Crippen LogP contribution in [0.2, 0.25) is 0 Å². The van der Waals surface area contributed by atoms with Gasteiger partial charge in [0, 0.05) is 118 Å². The first kappa shape index (κ1) is 30.3. The number of hydrogen-bond donors (Lipinski definition) is 11. The molecule has 0 aromatic heterocycles. The Labute approximate surface area is 211 Å². The van der Waals surface area contributed by atoms with Crippen molar-refractivity contribution in [2.24, 2.45) is 17.2 Å². The van der Waals surface area contributed by atoms with E-state index in [2.05, 4.69) is 47.4 Å². The third-order valence-corrected chi connectivity index (χ3v) is 6.52. The molecule has 3 saturated heterocycles. The highest BCUT2D eigenvalue weighted by Crippen LogP contribution is 2.03. The van der Waals surface area contributed by atoms with Crippen molar-refractivity contribution in [1.82, 2.24) is 47.4 Å². The Balaban J connectivity index is 1.94. The van der Waals surface area contributed by atoms with Gasteiger partial charge in [0.05, 0.1) is 17.6 Å². The van der Waals surface area contributed by atoms with Gasteiger partial charge in [0.2, 0.25) is 5.91 Å². The minimum absolute atomic E-state index is 0.0112. The molecular weight excluding hydrogens is 448 g/mol. The molecule has 206 valence electrons. The van der Waals surface area contributed by atoms with Crippen LogP contribution in [0.4, 0.5) is 0 Å². The third-order valence-electron chi connectivity index (χ3n) is 6.52. The molecule has 13 heteroatoms. The van der Waals surface area contributed by atoms with Crippen LogP contribution in [0.3, 0.4) is 0 Å². The summed E-state index contributed by atoms with van der Waals surface area (Å²) < 4.78 is 0. The van der Waals surface area contributed by atoms with E-state index in [1.165, 1.54) is 0 Å². The Kier molecular flexibility index (Phi) is 15.1. The number of nitrogens with two attached hydrogens (primary N) is 3. The van der Waals surface area contributed by atoms with Gasteiger partial charge in [-0.15, -0.1) is 0 Å². The minimum Gasteiger partial charge on any atom is -0.354 e. The largest absolute Gasteiger partial charge is 0.354 e. The van der Waals surface area contributed by atoms with Crippen molar-refractivity contribution in [2.45, 2.75) is 11.1 Å². The van der Waals surface area contributed by atoms with Crippen molar-refractivity contribution in [2.75, 3.05) is 124 Å². The number of carbonyl (C=O) groups is 1. The Morgan fingerprint density at radius 2 is 1.14 bits per heavy atom. The van der Waals surface area contributed by atoms with Crippen LogP contribution in [0.25, 0.3) is 0 Å². The Hall–Kier alpha value is -0.970. The van der Waals surface area contributed by atoms with Gasteiger partial charge in [0.25, 0.3) is 0 Å². The van der Waals surface area contributed by atoms with Crippen molar-refractivity contribution in [3.63, 3.8) is 0 Å². The molecule has 3 fully saturated rings. The van der Waals surface area contributed by atoms with Crippen LogP contribution < -0.4 is 59.7 Å². The number of nitrogens with one attached hydrogen (secondary N) is 8. The van der Waals surface area contributed by atoms with Gasteiger partial charge in [0.1, 0.15) is 0 Å². The van der Waals surface area contributed by atoms with Gasteiger partial charge in [-0.25, -0.2) is 0 Å². The normalized spacial score (nSPS) is 27.9. The molecule has 0 spiro atoms. The highest BCUT2D eigenvalue weighted by atomic mass is 16.1. The van der Waals surface area contributed by atoms with E-state index in [0.717, 1.165) is 98.2 Å². The second kappa shape index (κ2) is 17.5. The first-order chi connectivity index (χ1) is 17.0. The lowest BCUT2D eigenvalue weighted by atomic mass is 9.98. The fourth-order valence-corrected chi connectivity index (χ4v) is 4.47. The summed E-state index contributed by atoms with van der Waals surface area (Å²) in [5, 5.41) is 27.8. The second-order valence-corrected chi connectivity index (χ2v) is 9.83. The Bertz CT molecular complexity index is 517. The predicted octanol–water partition coefficient (Wildman–Crippen LogP) is -6.09. The Morgan fingerprint density at radius 3 is 1.57 bits per heavy atom. The zero-order chi connectivity index (χ0) is 25.2. The van der Waals surface area contributed by atoms with Gasteiger partial charge in [0.15, 0.2) is 0 Å². The first-order valence-electron chi connectivity index (χ1n) is 13.2. The van der Waals surface area contributed by atoms with E-state index in [1.807, 2.05) is 0 Å². The average molecular weight is 501 g/mol. The van der Waals surface area contributed by atoms with Gasteiger partial charge in [-0.3, -0.25) is 15.0 Å². The van der Waals surface area contributed by atoms with E-state index in [0.29, 0.717) is 19.6 Å². The van der Waals surface area contributed by atoms with E-state index < -0.39 is 0 Å². The van der Waals surface area contributed by atoms with E-state index in [1.54, 1.807) is 0 Å². The summed E-state index contributed by atoms with van der Waals surface area (Å²) in [6.07, 6.45) is 0. The maximum atomic E-state index is 12.7. The van der Waals surface area contributed by atoms with Gasteiger partial charge in [-0.05, 0) is 0 Å². The van der Waals surface area contributed by atoms with Gasteiger partial charge in [-0.2, -0.15) is 0 Å². The molecule has 0 radical (unpaired) electrons. The SMILES string of the molecule is NCCN(CCN)CCNC(=O)CNC12CNCCNCC(N)(CNCCNC1)CNCCNC2. The lowest BCUT2D eigenvalue weighted by molar-refractivity contribution is -0.120. The lowest BCUT2D eigenvalue weighted by Crippen LogP contribution is -2.67. The lowest BCUT2D eigenvalue weighted by Gasteiger charge is -2.37. The smallest absolute Gasteiger partial charge is 0.234 e. The highest BCUT2D eigenvalue weighted by Gasteiger charge is 2.30. The van der Waals surface area contributed by atoms with Gasteiger partial charge < -0.3 is 54.4 Å². The quantitative estimate of drug-likeness (QED) is 0.136. The molecule has 2 bridgehead atoms. The van der Waals surface area contributed by atoms with E-state index in [-0.39, 0.29) is 23.5 Å². The summed E-state index contributed by atoms with van der Waals surface area (Å²) in [5.41, 5.74) is 17.4. The molecule has 0 aromatic carbocycles. The molecule has 3 aliphatic heterocycles. The maximum absolute atomic E-state index is 12.7. The molecule has 0 atom stereocenters. The molecule has 35 heavy (non-hydrogen) atoms. The maximum Gasteiger partial charge on any atom is 0.234 e. The summed E-state index contributed by atoms with van der Waals surface area (Å²) in [7, 11) is 0. The van der Waals surface area contributed by atoms with Crippen molar-refractivity contribution in [1.29, 1.82) is 0 Å². The number of fused-ring (bicyclic) bond motifs is 15. The number of hydrogen-bond acceptors (Lipinski definition) is 12. The van der Waals surface area contributed by atoms with E-state index >= 15 is 0 Å². The summed E-state index contributed by atoms with van der Waals surface area (Å²) in [5.74, 6) is -0.0112. The van der Waals surface area contributed by atoms with Crippen LogP contribution in [0.15, 0.2) is 0 Å². The van der Waals surface area contributed by atoms with Crippen molar-refractivity contribution < 1.29 is 4.79 Å². The van der Waals surface area contributed by atoms with Crippen molar-refractivity contribution in [3.8, 4) is 0 Å². The second-order valence-electron chi connectivity index (χ2n) is 9.83. The van der Waals surface area contributed by atoms with Crippen molar-refractivity contribution in [3.05, 3.63) is 0 Å². The third kappa shape index (κ3) is 12.7. The summed E-state index contributed by atoms with van der Waals surface area (Å²) in [6, 6.07) is 0. The molecule has 3 heterocycles. The Morgan fingerprint density at radius 1 is 0.714 bits per heavy atom.